The van der Waals surface area contributed by atoms with Gasteiger partial charge in [0.1, 0.15) is 11.4 Å². The second-order valence-corrected chi connectivity index (χ2v) is 9.53. The Labute approximate surface area is 223 Å². The Morgan fingerprint density at radius 1 is 0.795 bits per heavy atom. The predicted octanol–water partition coefficient (Wildman–Crippen LogP) is 6.95. The molecule has 7 nitrogen and oxygen atoms in total. The van der Waals surface area contributed by atoms with Crippen LogP contribution in [0.1, 0.15) is 13.8 Å². The number of aromatic nitrogens is 4. The zero-order valence-corrected chi connectivity index (χ0v) is 21.6. The fourth-order valence-corrected chi connectivity index (χ4v) is 5.37. The molecule has 0 saturated heterocycles. The van der Waals surface area contributed by atoms with Crippen molar-refractivity contribution in [3.05, 3.63) is 95.6 Å². The van der Waals surface area contributed by atoms with Crippen molar-refractivity contribution in [3.8, 4) is 22.5 Å². The Morgan fingerprint density at radius 3 is 2.23 bits per heavy atom. The Hall–Kier alpha value is -5.04. The van der Waals surface area contributed by atoms with E-state index in [1.807, 2.05) is 66.7 Å². The normalized spacial score (nSPS) is 11.6. The van der Waals surface area contributed by atoms with E-state index in [4.69, 9.17) is 9.40 Å². The molecular weight excluding hydrogens is 486 g/mol. The molecule has 0 spiro atoms. The Morgan fingerprint density at radius 2 is 1.49 bits per heavy atom. The smallest absolute Gasteiger partial charge is 0.344 e. The third-order valence-electron chi connectivity index (χ3n) is 7.39. The molecule has 7 rings (SSSR count). The highest BCUT2D eigenvalue weighted by Gasteiger charge is 2.16. The van der Waals surface area contributed by atoms with Crippen LogP contribution in [0.4, 0.5) is 5.69 Å². The highest BCUT2D eigenvalue weighted by Crippen LogP contribution is 2.34. The van der Waals surface area contributed by atoms with Gasteiger partial charge in [0.15, 0.2) is 0 Å². The SMILES string of the molecule is CCN(CC)c1ccc2cc(-c3ccc(-c4nc5c6cccnc6c6ncccc6c5[nH]4)cc3)c(=O)oc2c1. The van der Waals surface area contributed by atoms with Crippen molar-refractivity contribution in [2.24, 2.45) is 0 Å². The first-order chi connectivity index (χ1) is 19.1. The molecule has 0 aliphatic carbocycles. The minimum absolute atomic E-state index is 0.353. The van der Waals surface area contributed by atoms with Gasteiger partial charge in [-0.3, -0.25) is 9.97 Å². The third-order valence-corrected chi connectivity index (χ3v) is 7.39. The van der Waals surface area contributed by atoms with Gasteiger partial charge in [-0.2, -0.15) is 0 Å². The van der Waals surface area contributed by atoms with Crippen LogP contribution in [-0.4, -0.2) is 33.0 Å². The number of nitrogens with one attached hydrogen (secondary N) is 1. The molecule has 7 aromatic rings. The van der Waals surface area contributed by atoms with Crippen LogP contribution in [0.5, 0.6) is 0 Å². The summed E-state index contributed by atoms with van der Waals surface area (Å²) in [5.41, 5.74) is 6.99. The molecule has 0 saturated carbocycles. The van der Waals surface area contributed by atoms with Gasteiger partial charge < -0.3 is 14.3 Å². The zero-order chi connectivity index (χ0) is 26.5. The molecule has 3 aromatic carbocycles. The largest absolute Gasteiger partial charge is 0.422 e. The lowest BCUT2D eigenvalue weighted by Crippen LogP contribution is -2.21. The molecule has 0 aliphatic heterocycles. The van der Waals surface area contributed by atoms with Crippen molar-refractivity contribution in [1.82, 2.24) is 19.9 Å². The van der Waals surface area contributed by atoms with Crippen LogP contribution >= 0.6 is 0 Å². The molecule has 0 amide bonds. The van der Waals surface area contributed by atoms with Gasteiger partial charge in [-0.15, -0.1) is 0 Å². The lowest BCUT2D eigenvalue weighted by atomic mass is 10.0. The van der Waals surface area contributed by atoms with Gasteiger partial charge in [0.2, 0.25) is 0 Å². The Kier molecular flexibility index (Phi) is 5.37. The number of hydrogen-bond acceptors (Lipinski definition) is 6. The van der Waals surface area contributed by atoms with Crippen LogP contribution in [0.2, 0.25) is 0 Å². The van der Waals surface area contributed by atoms with E-state index in [2.05, 4.69) is 39.8 Å². The first-order valence-electron chi connectivity index (χ1n) is 13.1. The van der Waals surface area contributed by atoms with Crippen LogP contribution in [0.3, 0.4) is 0 Å². The van der Waals surface area contributed by atoms with E-state index < -0.39 is 0 Å². The van der Waals surface area contributed by atoms with E-state index in [0.29, 0.717) is 11.1 Å². The molecule has 0 unspecified atom stereocenters. The van der Waals surface area contributed by atoms with E-state index in [1.165, 1.54) is 0 Å². The average molecular weight is 512 g/mol. The Bertz CT molecular complexity index is 2000. The molecular formula is C32H25N5O2. The zero-order valence-electron chi connectivity index (χ0n) is 21.6. The van der Waals surface area contributed by atoms with Crippen LogP contribution in [0, 0.1) is 0 Å². The van der Waals surface area contributed by atoms with Crippen LogP contribution in [0.15, 0.2) is 94.4 Å². The lowest BCUT2D eigenvalue weighted by molar-refractivity contribution is 0.563. The second-order valence-electron chi connectivity index (χ2n) is 9.53. The summed E-state index contributed by atoms with van der Waals surface area (Å²) in [6, 6.07) is 23.6. The van der Waals surface area contributed by atoms with Gasteiger partial charge in [0.25, 0.3) is 0 Å². The summed E-state index contributed by atoms with van der Waals surface area (Å²) in [7, 11) is 0. The topological polar surface area (TPSA) is 87.9 Å². The summed E-state index contributed by atoms with van der Waals surface area (Å²) in [4.78, 5) is 32.8. The molecule has 0 bridgehead atoms. The minimum Gasteiger partial charge on any atom is -0.422 e. The molecule has 0 fully saturated rings. The molecule has 0 radical (unpaired) electrons. The van der Waals surface area contributed by atoms with Crippen molar-refractivity contribution in [2.75, 3.05) is 18.0 Å². The van der Waals surface area contributed by atoms with Gasteiger partial charge in [-0.25, -0.2) is 9.78 Å². The molecule has 4 aromatic heterocycles. The standard InChI is InChI=1S/C32H25N5O2/c1-3-37(4-2)22-14-13-21-17-25(32(38)39-26(21)18-22)19-9-11-20(12-10-19)31-35-29-23-7-5-15-33-27(23)28-24(30(29)36-31)8-6-16-34-28/h5-18H,3-4H2,1-2H3,(H,35,36). The van der Waals surface area contributed by atoms with Crippen LogP contribution in [-0.2, 0) is 0 Å². The van der Waals surface area contributed by atoms with Crippen LogP contribution < -0.4 is 10.5 Å². The van der Waals surface area contributed by atoms with E-state index in [1.54, 1.807) is 12.4 Å². The van der Waals surface area contributed by atoms with Crippen molar-refractivity contribution >= 4 is 49.5 Å². The van der Waals surface area contributed by atoms with E-state index in [-0.39, 0.29) is 5.63 Å². The molecule has 0 aliphatic rings. The lowest BCUT2D eigenvalue weighted by Gasteiger charge is -2.21. The monoisotopic (exact) mass is 511 g/mol. The highest BCUT2D eigenvalue weighted by molar-refractivity contribution is 6.21. The summed E-state index contributed by atoms with van der Waals surface area (Å²) in [5.74, 6) is 0.743. The second kappa shape index (κ2) is 9.06. The fourth-order valence-electron chi connectivity index (χ4n) is 5.37. The summed E-state index contributed by atoms with van der Waals surface area (Å²) in [5, 5.41) is 2.82. The maximum absolute atomic E-state index is 13.0. The summed E-state index contributed by atoms with van der Waals surface area (Å²) in [6.45, 7) is 6.01. The number of H-pyrrole nitrogens is 1. The van der Waals surface area contributed by atoms with Gasteiger partial charge in [-0.05, 0) is 61.9 Å². The molecule has 190 valence electrons. The van der Waals surface area contributed by atoms with Crippen molar-refractivity contribution in [2.45, 2.75) is 13.8 Å². The molecule has 4 heterocycles. The van der Waals surface area contributed by atoms with E-state index in [0.717, 1.165) is 74.0 Å². The first kappa shape index (κ1) is 23.1. The molecule has 39 heavy (non-hydrogen) atoms. The summed E-state index contributed by atoms with van der Waals surface area (Å²) >= 11 is 0. The van der Waals surface area contributed by atoms with Gasteiger partial charge in [0, 0.05) is 59.0 Å². The fraction of sp³-hybridized carbons (Fsp3) is 0.125. The van der Waals surface area contributed by atoms with Crippen LogP contribution in [0.25, 0.3) is 66.3 Å². The molecule has 0 atom stereocenters. The number of anilines is 1. The van der Waals surface area contributed by atoms with E-state index >= 15 is 0 Å². The van der Waals surface area contributed by atoms with Gasteiger partial charge >= 0.3 is 5.63 Å². The molecule has 7 heteroatoms. The number of benzene rings is 3. The van der Waals surface area contributed by atoms with Crippen molar-refractivity contribution < 1.29 is 4.42 Å². The quantitative estimate of drug-likeness (QED) is 0.199. The van der Waals surface area contributed by atoms with Crippen molar-refractivity contribution in [1.29, 1.82) is 0 Å². The number of pyridine rings is 2. The average Bonchev–Trinajstić information content (AvgIpc) is 3.44. The first-order valence-corrected chi connectivity index (χ1v) is 13.1. The van der Waals surface area contributed by atoms with Gasteiger partial charge in [-0.1, -0.05) is 24.3 Å². The number of aromatic amines is 1. The minimum atomic E-state index is -0.353. The highest BCUT2D eigenvalue weighted by atomic mass is 16.4. The Balaban J connectivity index is 1.29. The predicted molar refractivity (Wildman–Crippen MR) is 157 cm³/mol. The van der Waals surface area contributed by atoms with Crippen molar-refractivity contribution in [3.63, 3.8) is 0 Å². The maximum atomic E-state index is 13.0. The van der Waals surface area contributed by atoms with E-state index in [9.17, 15) is 4.79 Å². The summed E-state index contributed by atoms with van der Waals surface area (Å²) < 4.78 is 5.75. The summed E-state index contributed by atoms with van der Waals surface area (Å²) in [6.07, 6.45) is 3.56. The number of fused-ring (bicyclic) bond motifs is 7. The van der Waals surface area contributed by atoms with Gasteiger partial charge in [0.05, 0.1) is 27.6 Å². The number of hydrogen-bond donors (Lipinski definition) is 1. The molecule has 1 N–H and O–H groups in total. The number of imidazole rings is 1. The maximum Gasteiger partial charge on any atom is 0.344 e. The number of rotatable bonds is 5. The third kappa shape index (κ3) is 3.74. The number of nitrogens with zero attached hydrogens (tertiary/aromatic N) is 4.